The molecule has 5 rings (SSSR count). The Hall–Kier alpha value is -3.44. The summed E-state index contributed by atoms with van der Waals surface area (Å²) in [7, 11) is 0. The maximum Gasteiger partial charge on any atom is 0.227 e. The second-order valence-corrected chi connectivity index (χ2v) is 8.11. The number of benzene rings is 2. The molecular weight excluding hydrogens is 384 g/mol. The molecule has 3 heterocycles. The molecular formula is C26H26N4O. The van der Waals surface area contributed by atoms with Crippen LogP contribution in [0.4, 0.5) is 5.69 Å². The van der Waals surface area contributed by atoms with Crippen molar-refractivity contribution in [3.05, 3.63) is 90.8 Å². The summed E-state index contributed by atoms with van der Waals surface area (Å²) in [6.45, 7) is 2.63. The van der Waals surface area contributed by atoms with E-state index in [2.05, 4.69) is 51.1 Å². The van der Waals surface area contributed by atoms with Gasteiger partial charge in [-0.25, -0.2) is 4.98 Å². The topological polar surface area (TPSA) is 49.6 Å². The molecule has 0 bridgehead atoms. The largest absolute Gasteiger partial charge is 0.326 e. The lowest BCUT2D eigenvalue weighted by molar-refractivity contribution is -0.121. The van der Waals surface area contributed by atoms with Gasteiger partial charge in [0.1, 0.15) is 5.65 Å². The highest BCUT2D eigenvalue weighted by molar-refractivity contribution is 5.92. The van der Waals surface area contributed by atoms with Gasteiger partial charge >= 0.3 is 0 Å². The molecule has 1 saturated heterocycles. The summed E-state index contributed by atoms with van der Waals surface area (Å²) in [5.74, 6) is 0.192. The summed E-state index contributed by atoms with van der Waals surface area (Å²) in [6, 6.07) is 26.2. The highest BCUT2D eigenvalue weighted by Gasteiger charge is 2.26. The van der Waals surface area contributed by atoms with E-state index < -0.39 is 0 Å². The molecule has 2 aromatic carbocycles. The minimum absolute atomic E-state index is 0.0623. The van der Waals surface area contributed by atoms with Crippen molar-refractivity contribution in [2.45, 2.75) is 19.4 Å². The van der Waals surface area contributed by atoms with Crippen LogP contribution in [0.3, 0.4) is 0 Å². The van der Waals surface area contributed by atoms with Gasteiger partial charge in [0.25, 0.3) is 0 Å². The van der Waals surface area contributed by atoms with Crippen molar-refractivity contribution in [2.75, 3.05) is 18.4 Å². The SMILES string of the molecule is O=C(Nc1ccccc1)C1CCN(Cc2c(-c3ccccc3)nc3ccccn23)CC1. The Bertz CT molecular complexity index is 1160. The number of anilines is 1. The molecule has 5 nitrogen and oxygen atoms in total. The van der Waals surface area contributed by atoms with Crippen LogP contribution in [-0.2, 0) is 11.3 Å². The molecule has 0 saturated carbocycles. The van der Waals surface area contributed by atoms with E-state index in [0.717, 1.165) is 55.1 Å². The van der Waals surface area contributed by atoms with Gasteiger partial charge in [0, 0.05) is 29.9 Å². The first kappa shape index (κ1) is 19.5. The zero-order valence-corrected chi connectivity index (χ0v) is 17.4. The first-order chi connectivity index (χ1) is 15.3. The number of fused-ring (bicyclic) bond motifs is 1. The Morgan fingerprint density at radius 3 is 2.32 bits per heavy atom. The van der Waals surface area contributed by atoms with Crippen LogP contribution in [0.15, 0.2) is 85.1 Å². The van der Waals surface area contributed by atoms with Crippen LogP contribution < -0.4 is 5.32 Å². The lowest BCUT2D eigenvalue weighted by Crippen LogP contribution is -2.38. The van der Waals surface area contributed by atoms with Crippen molar-refractivity contribution in [1.82, 2.24) is 14.3 Å². The smallest absolute Gasteiger partial charge is 0.227 e. The number of imidazole rings is 1. The summed E-state index contributed by atoms with van der Waals surface area (Å²) in [5.41, 5.74) is 5.21. The maximum atomic E-state index is 12.7. The number of pyridine rings is 1. The van der Waals surface area contributed by atoms with E-state index in [9.17, 15) is 4.79 Å². The summed E-state index contributed by atoms with van der Waals surface area (Å²) >= 11 is 0. The van der Waals surface area contributed by atoms with Crippen molar-refractivity contribution in [3.8, 4) is 11.3 Å². The summed E-state index contributed by atoms with van der Waals surface area (Å²) in [5, 5.41) is 3.06. The van der Waals surface area contributed by atoms with Crippen LogP contribution in [0, 0.1) is 5.92 Å². The van der Waals surface area contributed by atoms with Gasteiger partial charge in [0.2, 0.25) is 5.91 Å². The van der Waals surface area contributed by atoms with Crippen LogP contribution >= 0.6 is 0 Å². The molecule has 0 spiro atoms. The Morgan fingerprint density at radius 2 is 1.58 bits per heavy atom. The number of hydrogen-bond donors (Lipinski definition) is 1. The minimum atomic E-state index is 0.0623. The lowest BCUT2D eigenvalue weighted by atomic mass is 9.95. The molecule has 0 radical (unpaired) electrons. The number of hydrogen-bond acceptors (Lipinski definition) is 3. The number of nitrogens with zero attached hydrogens (tertiary/aromatic N) is 3. The van der Waals surface area contributed by atoms with Gasteiger partial charge in [0.05, 0.1) is 11.4 Å². The molecule has 5 heteroatoms. The Balaban J connectivity index is 1.30. The maximum absolute atomic E-state index is 12.7. The van der Waals surface area contributed by atoms with Gasteiger partial charge in [-0.05, 0) is 50.2 Å². The highest BCUT2D eigenvalue weighted by atomic mass is 16.1. The molecule has 0 unspecified atom stereocenters. The second kappa shape index (κ2) is 8.74. The number of likely N-dealkylation sites (tertiary alicyclic amines) is 1. The first-order valence-corrected chi connectivity index (χ1v) is 10.9. The Labute approximate surface area is 182 Å². The van der Waals surface area contributed by atoms with Crippen LogP contribution in [0.1, 0.15) is 18.5 Å². The third kappa shape index (κ3) is 4.23. The van der Waals surface area contributed by atoms with Crippen molar-refractivity contribution in [1.29, 1.82) is 0 Å². The van der Waals surface area contributed by atoms with E-state index in [1.165, 1.54) is 5.69 Å². The Morgan fingerprint density at radius 1 is 0.903 bits per heavy atom. The predicted molar refractivity (Wildman–Crippen MR) is 124 cm³/mol. The monoisotopic (exact) mass is 410 g/mol. The number of aromatic nitrogens is 2. The fraction of sp³-hybridized carbons (Fsp3) is 0.231. The average molecular weight is 411 g/mol. The number of carbonyl (C=O) groups is 1. The molecule has 0 atom stereocenters. The van der Waals surface area contributed by atoms with Crippen molar-refractivity contribution >= 4 is 17.2 Å². The minimum Gasteiger partial charge on any atom is -0.326 e. The van der Waals surface area contributed by atoms with E-state index in [4.69, 9.17) is 4.98 Å². The van der Waals surface area contributed by atoms with E-state index in [-0.39, 0.29) is 11.8 Å². The van der Waals surface area contributed by atoms with Crippen LogP contribution in [-0.4, -0.2) is 33.3 Å². The van der Waals surface area contributed by atoms with Gasteiger partial charge in [-0.2, -0.15) is 0 Å². The predicted octanol–water partition coefficient (Wildman–Crippen LogP) is 4.85. The van der Waals surface area contributed by atoms with E-state index in [1.807, 2.05) is 48.5 Å². The molecule has 4 aromatic rings. The van der Waals surface area contributed by atoms with E-state index in [1.54, 1.807) is 0 Å². The van der Waals surface area contributed by atoms with Gasteiger partial charge in [-0.15, -0.1) is 0 Å². The molecule has 1 fully saturated rings. The lowest BCUT2D eigenvalue weighted by Gasteiger charge is -2.31. The normalized spacial score (nSPS) is 15.2. The molecule has 1 aliphatic heterocycles. The van der Waals surface area contributed by atoms with Crippen molar-refractivity contribution < 1.29 is 4.79 Å². The molecule has 31 heavy (non-hydrogen) atoms. The van der Waals surface area contributed by atoms with Crippen LogP contribution in [0.5, 0.6) is 0 Å². The summed E-state index contributed by atoms with van der Waals surface area (Å²) < 4.78 is 2.19. The van der Waals surface area contributed by atoms with Gasteiger partial charge in [-0.3, -0.25) is 9.69 Å². The zero-order chi connectivity index (χ0) is 21.0. The summed E-state index contributed by atoms with van der Waals surface area (Å²) in [6.07, 6.45) is 3.83. The molecule has 1 aliphatic rings. The number of carbonyl (C=O) groups excluding carboxylic acids is 1. The molecule has 156 valence electrons. The third-order valence-corrected chi connectivity index (χ3v) is 6.05. The van der Waals surface area contributed by atoms with Gasteiger partial charge < -0.3 is 9.72 Å². The van der Waals surface area contributed by atoms with Crippen LogP contribution in [0.25, 0.3) is 16.9 Å². The fourth-order valence-corrected chi connectivity index (χ4v) is 4.36. The Kier molecular flexibility index (Phi) is 5.50. The number of nitrogens with one attached hydrogen (secondary N) is 1. The summed E-state index contributed by atoms with van der Waals surface area (Å²) in [4.78, 5) is 20.0. The molecule has 2 aromatic heterocycles. The third-order valence-electron chi connectivity index (χ3n) is 6.05. The van der Waals surface area contributed by atoms with Crippen molar-refractivity contribution in [2.24, 2.45) is 5.92 Å². The molecule has 1 N–H and O–H groups in total. The molecule has 0 aliphatic carbocycles. The van der Waals surface area contributed by atoms with E-state index >= 15 is 0 Å². The standard InChI is InChI=1S/C26H26N4O/c31-26(27-22-11-5-2-6-12-22)21-14-17-29(18-15-21)19-23-25(20-9-3-1-4-10-20)28-24-13-7-8-16-30(23)24/h1-13,16,21H,14-15,17-19H2,(H,27,31). The van der Waals surface area contributed by atoms with Gasteiger partial charge in [-0.1, -0.05) is 54.6 Å². The first-order valence-electron chi connectivity index (χ1n) is 10.9. The number of piperidine rings is 1. The number of rotatable bonds is 5. The van der Waals surface area contributed by atoms with E-state index in [0.29, 0.717) is 0 Å². The molecule has 1 amide bonds. The van der Waals surface area contributed by atoms with Crippen molar-refractivity contribution in [3.63, 3.8) is 0 Å². The van der Waals surface area contributed by atoms with Gasteiger partial charge in [0.15, 0.2) is 0 Å². The fourth-order valence-electron chi connectivity index (χ4n) is 4.36. The number of para-hydroxylation sites is 1. The zero-order valence-electron chi connectivity index (χ0n) is 17.4. The number of amides is 1. The quantitative estimate of drug-likeness (QED) is 0.512. The highest BCUT2D eigenvalue weighted by Crippen LogP contribution is 2.27. The average Bonchev–Trinajstić information content (AvgIpc) is 3.19. The van der Waals surface area contributed by atoms with Crippen LogP contribution in [0.2, 0.25) is 0 Å². The second-order valence-electron chi connectivity index (χ2n) is 8.11.